The number of rotatable bonds is 0. The lowest BCUT2D eigenvalue weighted by Gasteiger charge is -2.24. The Bertz CT molecular complexity index is 1120. The van der Waals surface area contributed by atoms with Gasteiger partial charge in [0.15, 0.2) is 10.8 Å². The van der Waals surface area contributed by atoms with Gasteiger partial charge in [0.05, 0.1) is 24.1 Å². The number of ether oxygens (including phenoxy) is 2. The summed E-state index contributed by atoms with van der Waals surface area (Å²) in [5.74, 6) is 6.37. The minimum absolute atomic E-state index is 0.00974. The summed E-state index contributed by atoms with van der Waals surface area (Å²) in [5.41, 5.74) is 1.49. The van der Waals surface area contributed by atoms with Crippen molar-refractivity contribution < 1.29 is 9.47 Å². The van der Waals surface area contributed by atoms with Crippen molar-refractivity contribution in [1.82, 2.24) is 14.5 Å². The van der Waals surface area contributed by atoms with Gasteiger partial charge in [-0.1, -0.05) is 5.92 Å². The fourth-order valence-electron chi connectivity index (χ4n) is 3.67. The highest BCUT2D eigenvalue weighted by Crippen LogP contribution is 2.31. The molecule has 0 aliphatic carbocycles. The van der Waals surface area contributed by atoms with E-state index in [-0.39, 0.29) is 5.56 Å². The van der Waals surface area contributed by atoms with E-state index < -0.39 is 5.79 Å². The highest BCUT2D eigenvalue weighted by molar-refractivity contribution is 7.10. The van der Waals surface area contributed by atoms with Crippen LogP contribution < -0.4 is 5.56 Å². The van der Waals surface area contributed by atoms with Crippen molar-refractivity contribution in [3.63, 3.8) is 0 Å². The predicted molar refractivity (Wildman–Crippen MR) is 102 cm³/mol. The molecular formula is C20H17N3O3S. The smallest absolute Gasteiger partial charge is 0.261 e. The summed E-state index contributed by atoms with van der Waals surface area (Å²) < 4.78 is 13.4. The van der Waals surface area contributed by atoms with E-state index in [1.54, 1.807) is 10.8 Å². The molecule has 0 unspecified atom stereocenters. The molecule has 0 bridgehead atoms. The van der Waals surface area contributed by atoms with Gasteiger partial charge in [0.1, 0.15) is 5.82 Å². The van der Waals surface area contributed by atoms with Crippen LogP contribution in [0.2, 0.25) is 0 Å². The van der Waals surface area contributed by atoms with Gasteiger partial charge in [-0.05, 0) is 24.1 Å². The molecule has 0 radical (unpaired) electrons. The predicted octanol–water partition coefficient (Wildman–Crippen LogP) is 2.33. The van der Waals surface area contributed by atoms with Crippen LogP contribution in [0.3, 0.4) is 0 Å². The standard InChI is InChI=1S/C20H17N3O3S/c24-19-15-3-1-14(2-4-18-21-8-12-27-18)13-16(15)22-17-5-6-20(7-9-23(17)19)25-10-11-26-20/h1,3,8,12-13H,5-7,9-11H2. The minimum Gasteiger partial charge on any atom is -0.347 e. The topological polar surface area (TPSA) is 66.2 Å². The van der Waals surface area contributed by atoms with Crippen LogP contribution in [0.25, 0.3) is 10.9 Å². The van der Waals surface area contributed by atoms with Gasteiger partial charge in [-0.2, -0.15) is 0 Å². The van der Waals surface area contributed by atoms with Crippen molar-refractivity contribution in [2.24, 2.45) is 0 Å². The molecule has 0 saturated carbocycles. The zero-order valence-electron chi connectivity index (χ0n) is 14.6. The second-order valence-electron chi connectivity index (χ2n) is 6.66. The van der Waals surface area contributed by atoms with Gasteiger partial charge in [0.2, 0.25) is 0 Å². The quantitative estimate of drug-likeness (QED) is 0.561. The number of thiazole rings is 1. The van der Waals surface area contributed by atoms with Crippen LogP contribution in [0.5, 0.6) is 0 Å². The number of fused-ring (bicyclic) bond motifs is 2. The van der Waals surface area contributed by atoms with Gasteiger partial charge in [-0.3, -0.25) is 9.36 Å². The third-order valence-electron chi connectivity index (χ3n) is 5.04. The minimum atomic E-state index is -0.559. The summed E-state index contributed by atoms with van der Waals surface area (Å²) in [5, 5.41) is 3.28. The molecule has 1 aromatic carbocycles. The second kappa shape index (κ2) is 6.57. The van der Waals surface area contributed by atoms with Crippen LogP contribution in [-0.2, 0) is 22.4 Å². The molecule has 136 valence electrons. The maximum Gasteiger partial charge on any atom is 0.261 e. The molecule has 1 spiro atoms. The molecule has 0 amide bonds. The van der Waals surface area contributed by atoms with E-state index >= 15 is 0 Å². The van der Waals surface area contributed by atoms with Gasteiger partial charge in [-0.25, -0.2) is 9.97 Å². The van der Waals surface area contributed by atoms with Crippen LogP contribution in [0, 0.1) is 11.8 Å². The van der Waals surface area contributed by atoms with Crippen LogP contribution in [0.4, 0.5) is 0 Å². The summed E-state index contributed by atoms with van der Waals surface area (Å²) in [7, 11) is 0. The Kier molecular flexibility index (Phi) is 4.05. The van der Waals surface area contributed by atoms with E-state index in [0.717, 1.165) is 16.4 Å². The molecule has 4 heterocycles. The lowest BCUT2D eigenvalue weighted by Crippen LogP contribution is -2.31. The van der Waals surface area contributed by atoms with Crippen molar-refractivity contribution in [3.05, 3.63) is 56.5 Å². The largest absolute Gasteiger partial charge is 0.347 e. The maximum absolute atomic E-state index is 13.0. The molecule has 2 aliphatic rings. The molecule has 7 heteroatoms. The van der Waals surface area contributed by atoms with Crippen molar-refractivity contribution in [3.8, 4) is 11.8 Å². The Morgan fingerprint density at radius 2 is 2.07 bits per heavy atom. The Hall–Kier alpha value is -2.53. The van der Waals surface area contributed by atoms with E-state index in [1.807, 2.05) is 23.6 Å². The summed E-state index contributed by atoms with van der Waals surface area (Å²) in [6.07, 6.45) is 3.77. The molecule has 5 rings (SSSR count). The Morgan fingerprint density at radius 3 is 2.89 bits per heavy atom. The van der Waals surface area contributed by atoms with Crippen molar-refractivity contribution in [2.75, 3.05) is 13.2 Å². The molecular weight excluding hydrogens is 362 g/mol. The van der Waals surface area contributed by atoms with Gasteiger partial charge >= 0.3 is 0 Å². The number of hydrogen-bond acceptors (Lipinski definition) is 6. The maximum atomic E-state index is 13.0. The highest BCUT2D eigenvalue weighted by atomic mass is 32.1. The fourth-order valence-corrected chi connectivity index (χ4v) is 4.15. The summed E-state index contributed by atoms with van der Waals surface area (Å²) in [6, 6.07) is 5.55. The van der Waals surface area contributed by atoms with Gasteiger partial charge in [0.25, 0.3) is 5.56 Å². The van der Waals surface area contributed by atoms with Crippen molar-refractivity contribution >= 4 is 22.2 Å². The zero-order chi connectivity index (χ0) is 18.3. The third kappa shape index (κ3) is 3.06. The number of benzene rings is 1. The van der Waals surface area contributed by atoms with E-state index in [4.69, 9.17) is 14.5 Å². The number of nitrogens with zero attached hydrogens (tertiary/aromatic N) is 3. The molecule has 6 nitrogen and oxygen atoms in total. The SMILES string of the molecule is O=c1c2ccc(C#Cc3nccs3)cc2nc2n1CCC1(CC2)OCCO1. The molecule has 2 aliphatic heterocycles. The molecule has 0 atom stereocenters. The molecule has 27 heavy (non-hydrogen) atoms. The van der Waals surface area contributed by atoms with Crippen LogP contribution >= 0.6 is 11.3 Å². The van der Waals surface area contributed by atoms with Gasteiger partial charge in [-0.15, -0.1) is 11.3 Å². The molecule has 2 aromatic heterocycles. The number of aromatic nitrogens is 3. The molecule has 0 N–H and O–H groups in total. The van der Waals surface area contributed by atoms with Crippen LogP contribution in [0.15, 0.2) is 34.6 Å². The highest BCUT2D eigenvalue weighted by Gasteiger charge is 2.38. The Morgan fingerprint density at radius 1 is 1.19 bits per heavy atom. The normalized spacial score (nSPS) is 18.1. The number of hydrogen-bond donors (Lipinski definition) is 0. The lowest BCUT2D eigenvalue weighted by atomic mass is 10.1. The first kappa shape index (κ1) is 16.6. The number of aryl methyl sites for hydroxylation is 1. The lowest BCUT2D eigenvalue weighted by molar-refractivity contribution is -0.165. The first-order chi connectivity index (χ1) is 13.2. The molecule has 3 aromatic rings. The average Bonchev–Trinajstić information content (AvgIpc) is 3.33. The summed E-state index contributed by atoms with van der Waals surface area (Å²) >= 11 is 1.50. The summed E-state index contributed by atoms with van der Waals surface area (Å²) in [4.78, 5) is 21.9. The molecule has 1 fully saturated rings. The average molecular weight is 379 g/mol. The first-order valence-electron chi connectivity index (χ1n) is 8.95. The third-order valence-corrected chi connectivity index (χ3v) is 5.73. The Balaban J connectivity index is 1.53. The van der Waals surface area contributed by atoms with E-state index in [9.17, 15) is 4.79 Å². The van der Waals surface area contributed by atoms with Gasteiger partial charge < -0.3 is 9.47 Å². The first-order valence-corrected chi connectivity index (χ1v) is 9.83. The van der Waals surface area contributed by atoms with Gasteiger partial charge in [0, 0.05) is 42.9 Å². The monoisotopic (exact) mass is 379 g/mol. The Labute approximate surface area is 159 Å². The van der Waals surface area contributed by atoms with E-state index in [2.05, 4.69) is 16.8 Å². The van der Waals surface area contributed by atoms with Crippen molar-refractivity contribution in [2.45, 2.75) is 31.6 Å². The van der Waals surface area contributed by atoms with E-state index in [1.165, 1.54) is 11.3 Å². The molecule has 1 saturated heterocycles. The summed E-state index contributed by atoms with van der Waals surface area (Å²) in [6.45, 7) is 1.78. The van der Waals surface area contributed by atoms with Crippen LogP contribution in [0.1, 0.15) is 29.2 Å². The van der Waals surface area contributed by atoms with E-state index in [0.29, 0.717) is 49.9 Å². The zero-order valence-corrected chi connectivity index (χ0v) is 15.4. The second-order valence-corrected chi connectivity index (χ2v) is 7.56. The van der Waals surface area contributed by atoms with Crippen molar-refractivity contribution in [1.29, 1.82) is 0 Å². The fraction of sp³-hybridized carbons (Fsp3) is 0.350. The van der Waals surface area contributed by atoms with Crippen LogP contribution in [-0.4, -0.2) is 33.5 Å².